The maximum Gasteiger partial charge on any atom is 0.0716 e. The van der Waals surface area contributed by atoms with Crippen LogP contribution in [0.4, 0.5) is 68.2 Å². The first-order valence-corrected chi connectivity index (χ1v) is 42.1. The molecule has 0 heterocycles. The van der Waals surface area contributed by atoms with Gasteiger partial charge < -0.3 is 19.6 Å². The van der Waals surface area contributed by atoms with Gasteiger partial charge in [-0.2, -0.15) is 0 Å². The second-order valence-corrected chi connectivity index (χ2v) is 32.3. The molecule has 0 aromatic heterocycles. The van der Waals surface area contributed by atoms with Crippen LogP contribution in [0.5, 0.6) is 0 Å². The van der Waals surface area contributed by atoms with Crippen molar-refractivity contribution in [3.63, 3.8) is 0 Å². The Kier molecular flexibility index (Phi) is 19.7. The lowest BCUT2D eigenvalue weighted by atomic mass is 9.66. The fourth-order valence-corrected chi connectivity index (χ4v) is 19.3. The molecule has 0 fully saturated rings. The van der Waals surface area contributed by atoms with Gasteiger partial charge in [-0.25, -0.2) is 0 Å². The van der Waals surface area contributed by atoms with Crippen molar-refractivity contribution in [2.75, 3.05) is 19.6 Å². The van der Waals surface area contributed by atoms with Crippen LogP contribution in [0.3, 0.4) is 0 Å². The normalized spacial score (nSPS) is 14.0. The van der Waals surface area contributed by atoms with Crippen molar-refractivity contribution in [1.82, 2.24) is 0 Å². The fraction of sp³-hybridized carbons (Fsp3) is 0.0508. The molecule has 2 aliphatic carbocycles. The van der Waals surface area contributed by atoms with Crippen LogP contribution in [0.15, 0.2) is 450 Å². The Labute approximate surface area is 717 Å². The molecule has 2 atom stereocenters. The van der Waals surface area contributed by atoms with Gasteiger partial charge in [-0.1, -0.05) is 328 Å². The number of nitrogens with zero attached hydrogens (tertiary/aromatic N) is 4. The summed E-state index contributed by atoms with van der Waals surface area (Å²) in [5, 5.41) is 0. The topological polar surface area (TPSA) is 13.0 Å². The van der Waals surface area contributed by atoms with Crippen molar-refractivity contribution in [3.8, 4) is 55.6 Å². The van der Waals surface area contributed by atoms with Crippen molar-refractivity contribution in [2.24, 2.45) is 0 Å². The summed E-state index contributed by atoms with van der Waals surface area (Å²) >= 11 is 0. The molecule has 18 aromatic carbocycles. The van der Waals surface area contributed by atoms with Gasteiger partial charge >= 0.3 is 0 Å². The molecule has 0 saturated heterocycles. The number of anilines is 12. The van der Waals surface area contributed by atoms with E-state index in [1.54, 1.807) is 0 Å². The van der Waals surface area contributed by atoms with Gasteiger partial charge in [-0.15, -0.1) is 0 Å². The molecular formula is C118H90N4. The number of fused-ring (bicyclic) bond motifs is 6. The largest absolute Gasteiger partial charge is 0.311 e. The summed E-state index contributed by atoms with van der Waals surface area (Å²) in [5.74, 6) is 0. The zero-order valence-corrected chi connectivity index (χ0v) is 68.9. The van der Waals surface area contributed by atoms with E-state index in [0.29, 0.717) is 0 Å². The van der Waals surface area contributed by atoms with Gasteiger partial charge in [0.05, 0.1) is 10.8 Å². The quantitative estimate of drug-likeness (QED) is 0.0711. The highest BCUT2D eigenvalue weighted by atomic mass is 15.2. The third-order valence-corrected chi connectivity index (χ3v) is 25.1. The number of benzene rings is 18. The summed E-state index contributed by atoms with van der Waals surface area (Å²) in [6.07, 6.45) is 3.86. The van der Waals surface area contributed by atoms with Crippen molar-refractivity contribution >= 4 is 80.4 Å². The van der Waals surface area contributed by atoms with E-state index in [1.165, 1.54) is 89.0 Å². The zero-order chi connectivity index (χ0) is 82.4. The minimum absolute atomic E-state index is 0.578. The summed E-state index contributed by atoms with van der Waals surface area (Å²) in [6, 6.07) is 161. The number of hydrogen-bond acceptors (Lipinski definition) is 4. The van der Waals surface area contributed by atoms with Crippen LogP contribution >= 0.6 is 0 Å². The smallest absolute Gasteiger partial charge is 0.0716 e. The lowest BCUT2D eigenvalue weighted by Gasteiger charge is -2.36. The minimum Gasteiger partial charge on any atom is -0.311 e. The van der Waals surface area contributed by atoms with E-state index < -0.39 is 10.8 Å². The number of para-hydroxylation sites is 4. The summed E-state index contributed by atoms with van der Waals surface area (Å²) in [7, 11) is 0. The van der Waals surface area contributed by atoms with E-state index in [4.69, 9.17) is 0 Å². The average Bonchev–Trinajstić information content (AvgIpc) is 1.53. The predicted molar refractivity (Wildman–Crippen MR) is 515 cm³/mol. The molecule has 0 N–H and O–H groups in total. The van der Waals surface area contributed by atoms with Gasteiger partial charge in [0.25, 0.3) is 0 Å². The minimum atomic E-state index is -0.578. The first-order valence-electron chi connectivity index (χ1n) is 42.1. The molecule has 0 amide bonds. The van der Waals surface area contributed by atoms with E-state index in [1.807, 2.05) is 12.2 Å². The first-order chi connectivity index (χ1) is 60.0. The lowest BCUT2D eigenvalue weighted by Crippen LogP contribution is -2.30. The van der Waals surface area contributed by atoms with E-state index in [0.717, 1.165) is 113 Å². The number of rotatable bonds is 21. The Bertz CT molecular complexity index is 6470. The van der Waals surface area contributed by atoms with Gasteiger partial charge in [0.1, 0.15) is 0 Å². The predicted octanol–water partition coefficient (Wildman–Crippen LogP) is 31.8. The molecule has 4 nitrogen and oxygen atoms in total. The highest BCUT2D eigenvalue weighted by molar-refractivity contribution is 5.94. The van der Waals surface area contributed by atoms with E-state index in [9.17, 15) is 0 Å². The van der Waals surface area contributed by atoms with Crippen LogP contribution in [0, 0.1) is 27.7 Å². The van der Waals surface area contributed by atoms with Crippen molar-refractivity contribution < 1.29 is 0 Å². The van der Waals surface area contributed by atoms with Crippen molar-refractivity contribution in [2.45, 2.75) is 38.5 Å². The first kappa shape index (κ1) is 75.4. The van der Waals surface area contributed by atoms with E-state index in [-0.39, 0.29) is 0 Å². The molecule has 0 bridgehead atoms. The monoisotopic (exact) mass is 1560 g/mol. The summed E-state index contributed by atoms with van der Waals surface area (Å²) in [4.78, 5) is 9.48. The molecule has 0 spiro atoms. The second kappa shape index (κ2) is 31.8. The third-order valence-electron chi connectivity index (χ3n) is 25.1. The lowest BCUT2D eigenvalue weighted by molar-refractivity contribution is 0.759. The Morgan fingerprint density at radius 2 is 0.418 bits per heavy atom. The second-order valence-electron chi connectivity index (χ2n) is 32.3. The van der Waals surface area contributed by atoms with Gasteiger partial charge in [0, 0.05) is 68.2 Å². The number of aryl methyl sites for hydroxylation is 4. The molecular weight excluding hydrogens is 1470 g/mol. The van der Waals surface area contributed by atoms with Crippen LogP contribution < -0.4 is 19.6 Å². The van der Waals surface area contributed by atoms with Crippen LogP contribution in [0.2, 0.25) is 0 Å². The maximum atomic E-state index is 4.12. The van der Waals surface area contributed by atoms with E-state index in [2.05, 4.69) is 497 Å². The Hall–Kier alpha value is -15.4. The van der Waals surface area contributed by atoms with Crippen LogP contribution in [0.25, 0.3) is 67.8 Å². The zero-order valence-electron chi connectivity index (χ0n) is 68.9. The summed E-state index contributed by atoms with van der Waals surface area (Å²) in [6.45, 7) is 17.2. The molecule has 2 aliphatic rings. The standard InChI is InChI=1S/C118H90N4/c1-7-85-41-57-93(58-42-85)117(113-77-81(3)37-39-83(113)5)111-35-23-21-33-107(111)109-75-73-105(79-115(109)117)121(97-29-17-11-18-30-97)103-69-53-91(54-70-103)89-49-65-101(66-50-89)119(95-25-13-9-14-26-95)99-61-45-87(46-62-99)88-47-63-100(64-48-88)120(96-27-15-10-16-28-96)102-67-51-90(52-68-102)92-55-71-104(72-56-92)122(98-31-19-12-20-32-98)106-74-76-110-108-34-22-24-36-112(108)118(116(110)80-106,94-59-43-86(8-2)44-60-94)114-78-82(4)38-40-84(114)6/h7-80H,1-2H2,3-6H3. The van der Waals surface area contributed by atoms with Crippen molar-refractivity contribution in [1.29, 1.82) is 0 Å². The van der Waals surface area contributed by atoms with Crippen LogP contribution in [-0.4, -0.2) is 0 Å². The maximum absolute atomic E-state index is 4.12. The molecule has 4 heteroatoms. The molecule has 18 aromatic rings. The van der Waals surface area contributed by atoms with Gasteiger partial charge in [-0.05, 0) is 296 Å². The molecule has 582 valence electrons. The Balaban J connectivity index is 0.562. The molecule has 122 heavy (non-hydrogen) atoms. The highest BCUT2D eigenvalue weighted by Gasteiger charge is 2.49. The summed E-state index contributed by atoms with van der Waals surface area (Å²) in [5.41, 5.74) is 40.9. The van der Waals surface area contributed by atoms with E-state index >= 15 is 0 Å². The molecule has 0 aliphatic heterocycles. The Morgan fingerprint density at radius 3 is 0.689 bits per heavy atom. The molecule has 20 rings (SSSR count). The fourth-order valence-electron chi connectivity index (χ4n) is 19.3. The molecule has 0 saturated carbocycles. The Morgan fingerprint density at radius 1 is 0.189 bits per heavy atom. The van der Waals surface area contributed by atoms with Gasteiger partial charge in [-0.3, -0.25) is 0 Å². The highest BCUT2D eigenvalue weighted by Crippen LogP contribution is 2.61. The van der Waals surface area contributed by atoms with Crippen LogP contribution in [0.1, 0.15) is 77.9 Å². The summed E-state index contributed by atoms with van der Waals surface area (Å²) < 4.78 is 0. The average molecular weight is 1560 g/mol. The van der Waals surface area contributed by atoms with Crippen molar-refractivity contribution in [3.05, 3.63) is 528 Å². The molecule has 2 unspecified atom stereocenters. The SMILES string of the molecule is C=Cc1ccc(C2(c3cc(C)ccc3C)c3ccccc3-c3ccc(N(c4ccccc4)c4ccc(-c5ccc(N(c6ccccc6)c6ccc(-c7ccc(N(c8ccccc8)c8ccc(-c9ccc(N(c%10ccccc%10)c%10ccc%11c(c%10)C(c%10ccc(C=C)cc%10)(c%10cc(C)ccc%10C)c%10ccccc%10-%11)cc9)cc8)cc7)cc6)cc5)cc4)cc32)cc1. The van der Waals surface area contributed by atoms with Crippen LogP contribution in [-0.2, 0) is 10.8 Å². The van der Waals surface area contributed by atoms with Gasteiger partial charge in [0.15, 0.2) is 0 Å². The van der Waals surface area contributed by atoms with Gasteiger partial charge in [0.2, 0.25) is 0 Å². The number of hydrogen-bond donors (Lipinski definition) is 0. The third kappa shape index (κ3) is 13.3. The molecule has 0 radical (unpaired) electrons.